The minimum absolute atomic E-state index is 0.0592. The zero-order valence-corrected chi connectivity index (χ0v) is 11.3. The molecule has 5 nitrogen and oxygen atoms in total. The van der Waals surface area contributed by atoms with Crippen LogP contribution in [-0.2, 0) is 16.1 Å². The molecule has 1 rings (SSSR count). The second kappa shape index (κ2) is 7.84. The molecule has 2 amide bonds. The fourth-order valence-corrected chi connectivity index (χ4v) is 2.33. The highest BCUT2D eigenvalue weighted by atomic mass is 32.1. The number of thiophene rings is 1. The lowest BCUT2D eigenvalue weighted by Gasteiger charge is -2.06. The number of nitrogens with two attached hydrogens (primary N) is 1. The summed E-state index contributed by atoms with van der Waals surface area (Å²) >= 11 is 1.61. The van der Waals surface area contributed by atoms with Gasteiger partial charge in [0.15, 0.2) is 0 Å². The number of carbonyl (C=O) groups is 2. The molecular weight excluding hydrogens is 250 g/mol. The van der Waals surface area contributed by atoms with Gasteiger partial charge in [0.25, 0.3) is 0 Å². The fraction of sp³-hybridized carbons (Fsp3) is 0.500. The van der Waals surface area contributed by atoms with Crippen LogP contribution in [0.1, 0.15) is 31.1 Å². The summed E-state index contributed by atoms with van der Waals surface area (Å²) in [6.07, 6.45) is 2.17. The molecular formula is C12H19N3O2S. The number of unbranched alkanes of at least 4 members (excludes halogenated alkanes) is 1. The van der Waals surface area contributed by atoms with Gasteiger partial charge in [0.1, 0.15) is 0 Å². The Hall–Kier alpha value is -1.40. The van der Waals surface area contributed by atoms with E-state index in [1.165, 1.54) is 6.92 Å². The normalized spacial score (nSPS) is 10.3. The molecule has 0 aliphatic carbocycles. The standard InChI is InChI=1S/C12H19N3O2S/c1-9(16)15-10-5-7-18-11(10)8-14-6-3-2-4-12(13)17/h5,7,14H,2-4,6,8H2,1H3,(H2,13,17)(H,15,16). The van der Waals surface area contributed by atoms with Crippen molar-refractivity contribution in [3.05, 3.63) is 16.3 Å². The molecule has 0 aliphatic rings. The summed E-state index contributed by atoms with van der Waals surface area (Å²) < 4.78 is 0. The Kier molecular flexibility index (Phi) is 6.38. The number of rotatable bonds is 8. The molecule has 0 atom stereocenters. The maximum absolute atomic E-state index is 11.0. The number of nitrogens with one attached hydrogen (secondary N) is 2. The van der Waals surface area contributed by atoms with E-state index in [4.69, 9.17) is 5.73 Å². The summed E-state index contributed by atoms with van der Waals surface area (Å²) in [5, 5.41) is 8.03. The molecule has 100 valence electrons. The third kappa shape index (κ3) is 5.79. The molecule has 6 heteroatoms. The lowest BCUT2D eigenvalue weighted by atomic mass is 10.2. The molecule has 0 saturated heterocycles. The summed E-state index contributed by atoms with van der Waals surface area (Å²) in [6.45, 7) is 3.06. The number of amides is 2. The predicted octanol–water partition coefficient (Wildman–Crippen LogP) is 1.45. The van der Waals surface area contributed by atoms with Crippen LogP contribution in [-0.4, -0.2) is 18.4 Å². The third-order valence-electron chi connectivity index (χ3n) is 2.37. The Morgan fingerprint density at radius 3 is 2.83 bits per heavy atom. The van der Waals surface area contributed by atoms with E-state index in [0.29, 0.717) is 6.42 Å². The highest BCUT2D eigenvalue weighted by Gasteiger charge is 2.04. The maximum atomic E-state index is 11.0. The third-order valence-corrected chi connectivity index (χ3v) is 3.29. The summed E-state index contributed by atoms with van der Waals surface area (Å²) in [5.74, 6) is -0.308. The van der Waals surface area contributed by atoms with Crippen LogP contribution in [0.25, 0.3) is 0 Å². The largest absolute Gasteiger partial charge is 0.370 e. The van der Waals surface area contributed by atoms with Crippen LogP contribution in [0.2, 0.25) is 0 Å². The monoisotopic (exact) mass is 269 g/mol. The summed E-state index contributed by atoms with van der Waals surface area (Å²) in [4.78, 5) is 22.6. The van der Waals surface area contributed by atoms with E-state index in [2.05, 4.69) is 10.6 Å². The molecule has 0 aromatic carbocycles. The number of primary amides is 1. The second-order valence-corrected chi connectivity index (χ2v) is 5.04. The molecule has 0 saturated carbocycles. The van der Waals surface area contributed by atoms with Crippen molar-refractivity contribution >= 4 is 28.8 Å². The Morgan fingerprint density at radius 2 is 2.17 bits per heavy atom. The van der Waals surface area contributed by atoms with Crippen LogP contribution in [0.4, 0.5) is 5.69 Å². The van der Waals surface area contributed by atoms with Crippen molar-refractivity contribution in [3.8, 4) is 0 Å². The minimum atomic E-state index is -0.249. The first-order valence-electron chi connectivity index (χ1n) is 5.92. The first-order valence-corrected chi connectivity index (χ1v) is 6.80. The summed E-state index contributed by atoms with van der Waals surface area (Å²) in [6, 6.07) is 1.90. The van der Waals surface area contributed by atoms with Gasteiger partial charge in [-0.2, -0.15) is 0 Å². The van der Waals surface area contributed by atoms with Crippen LogP contribution < -0.4 is 16.4 Å². The Morgan fingerprint density at radius 1 is 1.39 bits per heavy atom. The number of hydrogen-bond donors (Lipinski definition) is 3. The molecule has 0 aliphatic heterocycles. The SMILES string of the molecule is CC(=O)Nc1ccsc1CNCCCCC(N)=O. The van der Waals surface area contributed by atoms with Crippen LogP contribution in [0, 0.1) is 0 Å². The van der Waals surface area contributed by atoms with Gasteiger partial charge in [0.2, 0.25) is 11.8 Å². The maximum Gasteiger partial charge on any atom is 0.221 e. The average Bonchev–Trinajstić information content (AvgIpc) is 2.69. The van der Waals surface area contributed by atoms with E-state index in [1.807, 2.05) is 11.4 Å². The van der Waals surface area contributed by atoms with Gasteiger partial charge in [-0.05, 0) is 30.8 Å². The van der Waals surface area contributed by atoms with Gasteiger partial charge in [0, 0.05) is 24.8 Å². The topological polar surface area (TPSA) is 84.2 Å². The lowest BCUT2D eigenvalue weighted by Crippen LogP contribution is -2.17. The molecule has 1 aromatic heterocycles. The van der Waals surface area contributed by atoms with E-state index in [9.17, 15) is 9.59 Å². The smallest absolute Gasteiger partial charge is 0.221 e. The quantitative estimate of drug-likeness (QED) is 0.624. The van der Waals surface area contributed by atoms with E-state index >= 15 is 0 Å². The first kappa shape index (κ1) is 14.7. The first-order chi connectivity index (χ1) is 8.59. The van der Waals surface area contributed by atoms with Crippen LogP contribution in [0.15, 0.2) is 11.4 Å². The molecule has 0 radical (unpaired) electrons. The second-order valence-electron chi connectivity index (χ2n) is 4.04. The molecule has 0 unspecified atom stereocenters. The van der Waals surface area contributed by atoms with Gasteiger partial charge in [-0.1, -0.05) is 0 Å². The molecule has 0 spiro atoms. The molecule has 0 fully saturated rings. The molecule has 0 bridgehead atoms. The van der Waals surface area contributed by atoms with Crippen molar-refractivity contribution in [2.45, 2.75) is 32.7 Å². The highest BCUT2D eigenvalue weighted by Crippen LogP contribution is 2.21. The van der Waals surface area contributed by atoms with Crippen LogP contribution >= 0.6 is 11.3 Å². The summed E-state index contributed by atoms with van der Waals surface area (Å²) in [7, 11) is 0. The lowest BCUT2D eigenvalue weighted by molar-refractivity contribution is -0.118. The van der Waals surface area contributed by atoms with Gasteiger partial charge in [0.05, 0.1) is 5.69 Å². The molecule has 1 heterocycles. The van der Waals surface area contributed by atoms with Crippen molar-refractivity contribution < 1.29 is 9.59 Å². The average molecular weight is 269 g/mol. The van der Waals surface area contributed by atoms with Crippen LogP contribution in [0.5, 0.6) is 0 Å². The number of hydrogen-bond acceptors (Lipinski definition) is 4. The van der Waals surface area contributed by atoms with Crippen molar-refractivity contribution in [1.29, 1.82) is 0 Å². The van der Waals surface area contributed by atoms with Gasteiger partial charge in [-0.25, -0.2) is 0 Å². The van der Waals surface area contributed by atoms with E-state index in [-0.39, 0.29) is 11.8 Å². The van der Waals surface area contributed by atoms with Crippen molar-refractivity contribution in [2.75, 3.05) is 11.9 Å². The van der Waals surface area contributed by atoms with Gasteiger partial charge in [-0.3, -0.25) is 9.59 Å². The van der Waals surface area contributed by atoms with Crippen molar-refractivity contribution in [2.24, 2.45) is 5.73 Å². The zero-order chi connectivity index (χ0) is 13.4. The van der Waals surface area contributed by atoms with Gasteiger partial charge in [-0.15, -0.1) is 11.3 Å². The molecule has 4 N–H and O–H groups in total. The summed E-state index contributed by atoms with van der Waals surface area (Å²) in [5.41, 5.74) is 5.93. The van der Waals surface area contributed by atoms with Gasteiger partial charge < -0.3 is 16.4 Å². The Bertz CT molecular complexity index is 404. The predicted molar refractivity (Wildman–Crippen MR) is 73.4 cm³/mol. The van der Waals surface area contributed by atoms with Crippen molar-refractivity contribution in [1.82, 2.24) is 5.32 Å². The Labute approximate surface area is 111 Å². The highest BCUT2D eigenvalue weighted by molar-refractivity contribution is 7.10. The number of anilines is 1. The van der Waals surface area contributed by atoms with Gasteiger partial charge >= 0.3 is 0 Å². The minimum Gasteiger partial charge on any atom is -0.370 e. The van der Waals surface area contributed by atoms with Crippen LogP contribution in [0.3, 0.4) is 0 Å². The fourth-order valence-electron chi connectivity index (χ4n) is 1.53. The molecule has 1 aromatic rings. The Balaban J connectivity index is 2.21. The van der Waals surface area contributed by atoms with E-state index in [0.717, 1.165) is 36.5 Å². The van der Waals surface area contributed by atoms with E-state index in [1.54, 1.807) is 11.3 Å². The number of carbonyl (C=O) groups excluding carboxylic acids is 2. The van der Waals surface area contributed by atoms with E-state index < -0.39 is 0 Å². The molecule has 18 heavy (non-hydrogen) atoms. The zero-order valence-electron chi connectivity index (χ0n) is 10.5. The van der Waals surface area contributed by atoms with Crippen molar-refractivity contribution in [3.63, 3.8) is 0 Å².